The lowest BCUT2D eigenvalue weighted by Crippen LogP contribution is -1.92. The molecule has 1 aliphatic carbocycles. The zero-order valence-electron chi connectivity index (χ0n) is 9.76. The van der Waals surface area contributed by atoms with Gasteiger partial charge in [0.2, 0.25) is 5.88 Å². The number of ether oxygens (including phenoxy) is 1. The first-order valence-corrected chi connectivity index (χ1v) is 5.87. The molecule has 0 atom stereocenters. The van der Waals surface area contributed by atoms with Gasteiger partial charge >= 0.3 is 0 Å². The Balaban J connectivity index is 1.81. The first-order valence-electron chi connectivity index (χ1n) is 5.87. The fourth-order valence-electron chi connectivity index (χ4n) is 2.16. The van der Waals surface area contributed by atoms with Crippen LogP contribution in [-0.4, -0.2) is 9.97 Å². The molecule has 4 nitrogen and oxygen atoms in total. The van der Waals surface area contributed by atoms with Crippen LogP contribution in [0.2, 0.25) is 0 Å². The van der Waals surface area contributed by atoms with Crippen molar-refractivity contribution in [2.75, 3.05) is 0 Å². The highest BCUT2D eigenvalue weighted by Crippen LogP contribution is 2.27. The SMILES string of the molecule is N#Cc1cnc(Oc2ccc3c(c2)CCC3)cn1. The summed E-state index contributed by atoms with van der Waals surface area (Å²) in [6, 6.07) is 8.03. The maximum Gasteiger partial charge on any atom is 0.237 e. The number of aromatic nitrogens is 2. The van der Waals surface area contributed by atoms with E-state index in [-0.39, 0.29) is 5.69 Å². The van der Waals surface area contributed by atoms with Crippen LogP contribution in [0.15, 0.2) is 30.6 Å². The van der Waals surface area contributed by atoms with Gasteiger partial charge in [-0.15, -0.1) is 0 Å². The molecule has 1 aromatic heterocycles. The fourth-order valence-corrected chi connectivity index (χ4v) is 2.16. The van der Waals surface area contributed by atoms with Crippen LogP contribution in [0.3, 0.4) is 0 Å². The summed E-state index contributed by atoms with van der Waals surface area (Å²) >= 11 is 0. The molecule has 1 aliphatic rings. The van der Waals surface area contributed by atoms with Crippen molar-refractivity contribution < 1.29 is 4.74 Å². The van der Waals surface area contributed by atoms with E-state index in [1.54, 1.807) is 0 Å². The molecule has 0 unspecified atom stereocenters. The average Bonchev–Trinajstić information content (AvgIpc) is 2.87. The highest BCUT2D eigenvalue weighted by Gasteiger charge is 2.11. The zero-order chi connectivity index (χ0) is 12.4. The summed E-state index contributed by atoms with van der Waals surface area (Å²) in [6.45, 7) is 0. The summed E-state index contributed by atoms with van der Waals surface area (Å²) in [5, 5.41) is 8.63. The second-order valence-corrected chi connectivity index (χ2v) is 4.24. The van der Waals surface area contributed by atoms with E-state index in [2.05, 4.69) is 22.1 Å². The second-order valence-electron chi connectivity index (χ2n) is 4.24. The Bertz CT molecular complexity index is 614. The van der Waals surface area contributed by atoms with Gasteiger partial charge < -0.3 is 4.74 Å². The van der Waals surface area contributed by atoms with Crippen LogP contribution in [0.5, 0.6) is 11.6 Å². The summed E-state index contributed by atoms with van der Waals surface area (Å²) < 4.78 is 5.62. The Morgan fingerprint density at radius 2 is 2.00 bits per heavy atom. The monoisotopic (exact) mass is 237 g/mol. The predicted molar refractivity (Wildman–Crippen MR) is 65.3 cm³/mol. The first kappa shape index (κ1) is 10.7. The molecule has 1 heterocycles. The number of aryl methyl sites for hydroxylation is 2. The van der Waals surface area contributed by atoms with Crippen LogP contribution >= 0.6 is 0 Å². The number of fused-ring (bicyclic) bond motifs is 1. The van der Waals surface area contributed by atoms with Crippen molar-refractivity contribution >= 4 is 0 Å². The molecule has 0 fully saturated rings. The Hall–Kier alpha value is -2.41. The van der Waals surface area contributed by atoms with Crippen LogP contribution in [0.25, 0.3) is 0 Å². The average molecular weight is 237 g/mol. The lowest BCUT2D eigenvalue weighted by molar-refractivity contribution is 0.459. The van der Waals surface area contributed by atoms with E-state index in [0.717, 1.165) is 18.6 Å². The van der Waals surface area contributed by atoms with E-state index in [1.165, 1.54) is 29.9 Å². The lowest BCUT2D eigenvalue weighted by Gasteiger charge is -2.06. The topological polar surface area (TPSA) is 58.8 Å². The summed E-state index contributed by atoms with van der Waals surface area (Å²) in [5.41, 5.74) is 3.05. The van der Waals surface area contributed by atoms with Crippen LogP contribution in [0.1, 0.15) is 23.2 Å². The number of nitriles is 1. The molecule has 3 rings (SSSR count). The Labute approximate surface area is 105 Å². The van der Waals surface area contributed by atoms with Crippen LogP contribution in [-0.2, 0) is 12.8 Å². The maximum absolute atomic E-state index is 8.63. The van der Waals surface area contributed by atoms with Gasteiger partial charge in [-0.3, -0.25) is 0 Å². The first-order chi connectivity index (χ1) is 8.85. The van der Waals surface area contributed by atoms with Gasteiger partial charge in [0.15, 0.2) is 5.69 Å². The molecule has 1 aromatic carbocycles. The molecule has 18 heavy (non-hydrogen) atoms. The summed E-state index contributed by atoms with van der Waals surface area (Å²) in [5.74, 6) is 1.18. The van der Waals surface area contributed by atoms with Crippen LogP contribution in [0, 0.1) is 11.3 Å². The highest BCUT2D eigenvalue weighted by atomic mass is 16.5. The van der Waals surface area contributed by atoms with E-state index >= 15 is 0 Å². The number of rotatable bonds is 2. The molecule has 2 aromatic rings. The molecule has 0 N–H and O–H groups in total. The minimum Gasteiger partial charge on any atom is -0.437 e. The molecule has 0 saturated carbocycles. The normalized spacial score (nSPS) is 12.8. The molecular formula is C14H11N3O. The number of hydrogen-bond donors (Lipinski definition) is 0. The van der Waals surface area contributed by atoms with Crippen molar-refractivity contribution in [3.63, 3.8) is 0 Å². The minimum absolute atomic E-state index is 0.288. The van der Waals surface area contributed by atoms with E-state index in [4.69, 9.17) is 10.00 Å². The second kappa shape index (κ2) is 4.46. The van der Waals surface area contributed by atoms with E-state index < -0.39 is 0 Å². The van der Waals surface area contributed by atoms with Gasteiger partial charge in [0, 0.05) is 0 Å². The van der Waals surface area contributed by atoms with Crippen molar-refractivity contribution in [2.24, 2.45) is 0 Å². The van der Waals surface area contributed by atoms with Gasteiger partial charge in [0.05, 0.1) is 12.4 Å². The van der Waals surface area contributed by atoms with Crippen LogP contribution in [0.4, 0.5) is 0 Å². The highest BCUT2D eigenvalue weighted by molar-refractivity contribution is 5.39. The van der Waals surface area contributed by atoms with Crippen molar-refractivity contribution in [3.8, 4) is 17.7 Å². The van der Waals surface area contributed by atoms with E-state index in [1.807, 2.05) is 12.1 Å². The molecule has 0 saturated heterocycles. The van der Waals surface area contributed by atoms with Crippen molar-refractivity contribution in [1.29, 1.82) is 5.26 Å². The van der Waals surface area contributed by atoms with Gasteiger partial charge in [-0.05, 0) is 42.5 Å². The Morgan fingerprint density at radius 3 is 2.78 bits per heavy atom. The molecule has 0 amide bonds. The number of hydrogen-bond acceptors (Lipinski definition) is 4. The van der Waals surface area contributed by atoms with E-state index in [9.17, 15) is 0 Å². The molecular weight excluding hydrogens is 226 g/mol. The van der Waals surface area contributed by atoms with Crippen molar-refractivity contribution in [2.45, 2.75) is 19.3 Å². The van der Waals surface area contributed by atoms with Crippen LogP contribution < -0.4 is 4.74 Å². The van der Waals surface area contributed by atoms with Gasteiger partial charge in [-0.25, -0.2) is 9.97 Å². The summed E-state index contributed by atoms with van der Waals surface area (Å²) in [4.78, 5) is 7.95. The fraction of sp³-hybridized carbons (Fsp3) is 0.214. The minimum atomic E-state index is 0.288. The van der Waals surface area contributed by atoms with Crippen molar-refractivity contribution in [3.05, 3.63) is 47.4 Å². The van der Waals surface area contributed by atoms with Gasteiger partial charge in [0.25, 0.3) is 0 Å². The standard InChI is InChI=1S/C14H11N3O/c15-7-12-8-17-14(9-16-12)18-13-5-4-10-2-1-3-11(10)6-13/h4-6,8-9H,1-3H2. The molecule has 88 valence electrons. The third-order valence-electron chi connectivity index (χ3n) is 3.04. The Kier molecular flexibility index (Phi) is 2.66. The largest absolute Gasteiger partial charge is 0.437 e. The zero-order valence-corrected chi connectivity index (χ0v) is 9.76. The van der Waals surface area contributed by atoms with Gasteiger partial charge in [0.1, 0.15) is 11.8 Å². The molecule has 0 aliphatic heterocycles. The Morgan fingerprint density at radius 1 is 1.11 bits per heavy atom. The predicted octanol–water partition coefficient (Wildman–Crippen LogP) is 2.63. The lowest BCUT2D eigenvalue weighted by atomic mass is 10.1. The van der Waals surface area contributed by atoms with Gasteiger partial charge in [-0.2, -0.15) is 5.26 Å². The molecule has 0 radical (unpaired) electrons. The van der Waals surface area contributed by atoms with Crippen molar-refractivity contribution in [1.82, 2.24) is 9.97 Å². The molecule has 4 heteroatoms. The summed E-state index contributed by atoms with van der Waals surface area (Å²) in [6.07, 6.45) is 6.36. The maximum atomic E-state index is 8.63. The molecule has 0 spiro atoms. The smallest absolute Gasteiger partial charge is 0.237 e. The van der Waals surface area contributed by atoms with Gasteiger partial charge in [-0.1, -0.05) is 6.07 Å². The summed E-state index contributed by atoms with van der Waals surface area (Å²) in [7, 11) is 0. The third kappa shape index (κ3) is 2.03. The number of benzene rings is 1. The third-order valence-corrected chi connectivity index (χ3v) is 3.04. The molecule has 0 bridgehead atoms. The van der Waals surface area contributed by atoms with E-state index in [0.29, 0.717) is 5.88 Å². The number of nitrogens with zero attached hydrogens (tertiary/aromatic N) is 3. The quantitative estimate of drug-likeness (QED) is 0.805.